The minimum atomic E-state index is -0.0799. The molecule has 0 amide bonds. The molecule has 0 bridgehead atoms. The van der Waals surface area contributed by atoms with E-state index in [1.807, 2.05) is 6.92 Å². The van der Waals surface area contributed by atoms with E-state index in [1.54, 1.807) is 0 Å². The first-order valence-corrected chi connectivity index (χ1v) is 9.96. The van der Waals surface area contributed by atoms with Gasteiger partial charge in [0.25, 0.3) is 0 Å². The van der Waals surface area contributed by atoms with E-state index in [2.05, 4.69) is 46.9 Å². The zero-order valence-electron chi connectivity index (χ0n) is 15.5. The molecule has 1 aliphatic heterocycles. The third-order valence-corrected chi connectivity index (χ3v) is 5.92. The van der Waals surface area contributed by atoms with E-state index in [-0.39, 0.29) is 18.8 Å². The van der Waals surface area contributed by atoms with Gasteiger partial charge in [-0.1, -0.05) is 56.4 Å². The Bertz CT molecular complexity index is 748. The predicted molar refractivity (Wildman–Crippen MR) is 109 cm³/mol. The SMILES string of the molecule is CCOC(=O)C[C@@H](B1Nc2cccc3cccc(c23)N1)C1CCCCC1. The molecule has 2 aromatic carbocycles. The van der Waals surface area contributed by atoms with Crippen LogP contribution in [0.4, 0.5) is 11.4 Å². The molecule has 2 N–H and O–H groups in total. The van der Waals surface area contributed by atoms with Crippen LogP contribution in [0.3, 0.4) is 0 Å². The Morgan fingerprint density at radius 2 is 1.77 bits per heavy atom. The van der Waals surface area contributed by atoms with Crippen molar-refractivity contribution in [2.75, 3.05) is 17.1 Å². The summed E-state index contributed by atoms with van der Waals surface area (Å²) in [5, 5.41) is 9.85. The molecule has 26 heavy (non-hydrogen) atoms. The van der Waals surface area contributed by atoms with Gasteiger partial charge >= 0.3 is 13.0 Å². The summed E-state index contributed by atoms with van der Waals surface area (Å²) in [5.41, 5.74) is 2.32. The second-order valence-electron chi connectivity index (χ2n) is 7.55. The molecule has 5 heteroatoms. The fourth-order valence-corrected chi connectivity index (χ4v) is 4.70. The fourth-order valence-electron chi connectivity index (χ4n) is 4.70. The number of hydrogen-bond donors (Lipinski definition) is 2. The van der Waals surface area contributed by atoms with E-state index in [0.29, 0.717) is 18.9 Å². The maximum absolute atomic E-state index is 12.3. The van der Waals surface area contributed by atoms with Gasteiger partial charge in [0, 0.05) is 23.2 Å². The average molecular weight is 350 g/mol. The van der Waals surface area contributed by atoms with Crippen LogP contribution in [0.15, 0.2) is 36.4 Å². The summed E-state index contributed by atoms with van der Waals surface area (Å²) in [6.07, 6.45) is 6.73. The number of rotatable bonds is 5. The normalized spacial score (nSPS) is 18.1. The van der Waals surface area contributed by atoms with Gasteiger partial charge in [0.05, 0.1) is 6.61 Å². The van der Waals surface area contributed by atoms with Gasteiger partial charge in [0.2, 0.25) is 0 Å². The second-order valence-corrected chi connectivity index (χ2v) is 7.55. The number of nitrogens with one attached hydrogen (secondary N) is 2. The second kappa shape index (κ2) is 7.61. The Hall–Kier alpha value is -2.17. The van der Waals surface area contributed by atoms with Crippen LogP contribution in [0.5, 0.6) is 0 Å². The van der Waals surface area contributed by atoms with Crippen LogP contribution in [0.25, 0.3) is 10.8 Å². The standard InChI is InChI=1S/C21H27BN2O2/c1-2-26-20(25)14-17(15-8-4-3-5-9-15)22-23-18-12-6-10-16-11-7-13-19(24-22)21(16)18/h6-7,10-13,15,17,23-24H,2-5,8-9,14H2,1H3/t17-/m1/s1. The summed E-state index contributed by atoms with van der Waals surface area (Å²) in [6.45, 7) is 2.38. The largest absolute Gasteiger partial charge is 0.466 e. The van der Waals surface area contributed by atoms with Gasteiger partial charge in [-0.2, -0.15) is 0 Å². The van der Waals surface area contributed by atoms with Gasteiger partial charge < -0.3 is 15.2 Å². The van der Waals surface area contributed by atoms with Crippen molar-refractivity contribution in [3.05, 3.63) is 36.4 Å². The van der Waals surface area contributed by atoms with Crippen molar-refractivity contribution in [2.45, 2.75) is 51.3 Å². The van der Waals surface area contributed by atoms with E-state index in [9.17, 15) is 4.79 Å². The molecular formula is C21H27BN2O2. The Balaban J connectivity index is 1.62. The minimum Gasteiger partial charge on any atom is -0.466 e. The van der Waals surface area contributed by atoms with Gasteiger partial charge in [0.15, 0.2) is 0 Å². The molecule has 1 fully saturated rings. The van der Waals surface area contributed by atoms with E-state index in [4.69, 9.17) is 4.74 Å². The van der Waals surface area contributed by atoms with Crippen molar-refractivity contribution in [2.24, 2.45) is 5.92 Å². The number of carbonyl (C=O) groups is 1. The maximum atomic E-state index is 12.3. The van der Waals surface area contributed by atoms with E-state index >= 15 is 0 Å². The molecule has 2 aromatic rings. The van der Waals surface area contributed by atoms with Gasteiger partial charge in [-0.3, -0.25) is 4.79 Å². The molecule has 0 radical (unpaired) electrons. The predicted octanol–water partition coefficient (Wildman–Crippen LogP) is 5.07. The van der Waals surface area contributed by atoms with Crippen LogP contribution in [0, 0.1) is 5.92 Å². The van der Waals surface area contributed by atoms with Crippen molar-refractivity contribution >= 4 is 35.1 Å². The number of ether oxygens (including phenoxy) is 1. The van der Waals surface area contributed by atoms with Gasteiger partial charge in [0.1, 0.15) is 0 Å². The lowest BCUT2D eigenvalue weighted by molar-refractivity contribution is -0.143. The number of hydrogen-bond acceptors (Lipinski definition) is 4. The molecule has 4 nitrogen and oxygen atoms in total. The lowest BCUT2D eigenvalue weighted by Crippen LogP contribution is -2.45. The Kier molecular flexibility index (Phi) is 5.05. The highest BCUT2D eigenvalue weighted by Gasteiger charge is 2.38. The molecule has 4 rings (SSSR count). The molecule has 0 aromatic heterocycles. The number of anilines is 2. The van der Waals surface area contributed by atoms with Crippen molar-refractivity contribution in [3.8, 4) is 0 Å². The summed E-state index contributed by atoms with van der Waals surface area (Å²) in [7, 11) is 0. The zero-order valence-corrected chi connectivity index (χ0v) is 15.5. The van der Waals surface area contributed by atoms with E-state index in [0.717, 1.165) is 11.4 Å². The number of benzene rings is 2. The van der Waals surface area contributed by atoms with Crippen LogP contribution in [0.1, 0.15) is 45.4 Å². The first kappa shape index (κ1) is 17.3. The summed E-state index contributed by atoms with van der Waals surface area (Å²) >= 11 is 0. The summed E-state index contributed by atoms with van der Waals surface area (Å²) < 4.78 is 5.29. The maximum Gasteiger partial charge on any atom is 0.374 e. The quantitative estimate of drug-likeness (QED) is 0.584. The zero-order chi connectivity index (χ0) is 17.9. The van der Waals surface area contributed by atoms with Crippen molar-refractivity contribution < 1.29 is 9.53 Å². The highest BCUT2D eigenvalue weighted by Crippen LogP contribution is 2.42. The van der Waals surface area contributed by atoms with Crippen molar-refractivity contribution in [1.29, 1.82) is 0 Å². The van der Waals surface area contributed by atoms with Gasteiger partial charge in [-0.25, -0.2) is 0 Å². The Morgan fingerprint density at radius 3 is 2.38 bits per heavy atom. The van der Waals surface area contributed by atoms with Crippen LogP contribution in [-0.4, -0.2) is 19.6 Å². The third kappa shape index (κ3) is 3.40. The molecule has 2 aliphatic rings. The molecular weight excluding hydrogens is 323 g/mol. The molecule has 1 saturated carbocycles. The first-order valence-electron chi connectivity index (χ1n) is 9.96. The monoisotopic (exact) mass is 350 g/mol. The van der Waals surface area contributed by atoms with E-state index in [1.165, 1.54) is 42.9 Å². The average Bonchev–Trinajstić information content (AvgIpc) is 2.67. The number of esters is 1. The highest BCUT2D eigenvalue weighted by molar-refractivity contribution is 6.69. The van der Waals surface area contributed by atoms with Crippen LogP contribution < -0.4 is 10.5 Å². The fraction of sp³-hybridized carbons (Fsp3) is 0.476. The molecule has 136 valence electrons. The molecule has 1 atom stereocenters. The highest BCUT2D eigenvalue weighted by atomic mass is 16.5. The summed E-state index contributed by atoms with van der Waals surface area (Å²) in [6, 6.07) is 12.8. The molecule has 1 aliphatic carbocycles. The lowest BCUT2D eigenvalue weighted by atomic mass is 9.52. The Morgan fingerprint density at radius 1 is 1.12 bits per heavy atom. The molecule has 0 unspecified atom stereocenters. The molecule has 1 heterocycles. The topological polar surface area (TPSA) is 50.4 Å². The Labute approximate surface area is 155 Å². The third-order valence-electron chi connectivity index (χ3n) is 5.92. The lowest BCUT2D eigenvalue weighted by Gasteiger charge is -2.37. The smallest absolute Gasteiger partial charge is 0.374 e. The van der Waals surface area contributed by atoms with Gasteiger partial charge in [-0.05, 0) is 36.2 Å². The minimum absolute atomic E-state index is 0.0583. The van der Waals surface area contributed by atoms with Crippen LogP contribution >= 0.6 is 0 Å². The van der Waals surface area contributed by atoms with Crippen molar-refractivity contribution in [1.82, 2.24) is 0 Å². The first-order chi connectivity index (χ1) is 12.8. The van der Waals surface area contributed by atoms with Gasteiger partial charge in [-0.15, -0.1) is 0 Å². The number of carbonyl (C=O) groups excluding carboxylic acids is 1. The van der Waals surface area contributed by atoms with Crippen LogP contribution in [0.2, 0.25) is 5.82 Å². The van der Waals surface area contributed by atoms with E-state index < -0.39 is 0 Å². The molecule has 0 spiro atoms. The van der Waals surface area contributed by atoms with Crippen molar-refractivity contribution in [3.63, 3.8) is 0 Å². The summed E-state index contributed by atoms with van der Waals surface area (Å²) in [5.74, 6) is 0.712. The molecule has 0 saturated heterocycles. The summed E-state index contributed by atoms with van der Waals surface area (Å²) in [4.78, 5) is 12.3. The van der Waals surface area contributed by atoms with Crippen LogP contribution in [-0.2, 0) is 9.53 Å².